The van der Waals surface area contributed by atoms with E-state index in [-0.39, 0.29) is 11.8 Å². The van der Waals surface area contributed by atoms with Crippen LogP contribution in [0.3, 0.4) is 0 Å². The quantitative estimate of drug-likeness (QED) is 0.878. The first-order valence-corrected chi connectivity index (χ1v) is 6.78. The van der Waals surface area contributed by atoms with Gasteiger partial charge in [-0.1, -0.05) is 29.8 Å². The average Bonchev–Trinajstić information content (AvgIpc) is 2.73. The van der Waals surface area contributed by atoms with Gasteiger partial charge in [-0.2, -0.15) is 10.4 Å². The Morgan fingerprint density at radius 1 is 1.43 bits per heavy atom. The molecule has 2 aromatic rings. The summed E-state index contributed by atoms with van der Waals surface area (Å²) in [5.41, 5.74) is 8.70. The van der Waals surface area contributed by atoms with Crippen LogP contribution in [0, 0.1) is 18.3 Å². The highest BCUT2D eigenvalue weighted by molar-refractivity contribution is 6.31. The van der Waals surface area contributed by atoms with Crippen molar-refractivity contribution in [2.75, 3.05) is 0 Å². The summed E-state index contributed by atoms with van der Waals surface area (Å²) < 4.78 is 7.19. The number of fused-ring (bicyclic) bond motifs is 1. The molecule has 1 aromatic carbocycles. The van der Waals surface area contributed by atoms with Gasteiger partial charge in [0.2, 0.25) is 11.8 Å². The zero-order valence-electron chi connectivity index (χ0n) is 11.6. The third kappa shape index (κ3) is 1.96. The van der Waals surface area contributed by atoms with Gasteiger partial charge >= 0.3 is 0 Å². The van der Waals surface area contributed by atoms with Crippen LogP contribution in [-0.4, -0.2) is 9.78 Å². The second-order valence-corrected chi connectivity index (χ2v) is 5.28. The molecule has 0 bridgehead atoms. The minimum atomic E-state index is -0.360. The maximum atomic E-state index is 9.47. The van der Waals surface area contributed by atoms with Crippen LogP contribution in [0.2, 0.25) is 5.02 Å². The second-order valence-electron chi connectivity index (χ2n) is 4.87. The SMILES string of the molecule is Cc1nn(C)c2c1[C@H](c1ccccc1Cl)C(C#N)=C(N)O2. The highest BCUT2D eigenvalue weighted by Gasteiger charge is 2.35. The number of nitrogens with two attached hydrogens (primary N) is 1. The Morgan fingerprint density at radius 3 is 2.81 bits per heavy atom. The first kappa shape index (κ1) is 13.5. The Hall–Kier alpha value is -2.45. The maximum absolute atomic E-state index is 9.47. The number of nitriles is 1. The normalized spacial score (nSPS) is 17.1. The third-order valence-electron chi connectivity index (χ3n) is 3.60. The van der Waals surface area contributed by atoms with Crippen molar-refractivity contribution in [3.8, 4) is 11.9 Å². The predicted octanol–water partition coefficient (Wildman–Crippen LogP) is 2.60. The van der Waals surface area contributed by atoms with Crippen LogP contribution in [0.25, 0.3) is 0 Å². The molecule has 1 atom stereocenters. The summed E-state index contributed by atoms with van der Waals surface area (Å²) in [6, 6.07) is 9.55. The van der Waals surface area contributed by atoms with E-state index in [0.717, 1.165) is 16.8 Å². The Bertz CT molecular complexity index is 800. The van der Waals surface area contributed by atoms with Crippen molar-refractivity contribution in [3.05, 3.63) is 57.6 Å². The molecule has 0 saturated heterocycles. The van der Waals surface area contributed by atoms with Gasteiger partial charge in [-0.3, -0.25) is 0 Å². The van der Waals surface area contributed by atoms with Gasteiger partial charge in [0.15, 0.2) is 0 Å². The molecule has 1 aliphatic heterocycles. The van der Waals surface area contributed by atoms with Crippen LogP contribution >= 0.6 is 11.6 Å². The molecule has 1 aromatic heterocycles. The summed E-state index contributed by atoms with van der Waals surface area (Å²) in [6.07, 6.45) is 0. The largest absolute Gasteiger partial charge is 0.422 e. The van der Waals surface area contributed by atoms with Crippen LogP contribution in [0.1, 0.15) is 22.7 Å². The summed E-state index contributed by atoms with van der Waals surface area (Å²) in [5.74, 6) is 0.285. The number of rotatable bonds is 1. The van der Waals surface area contributed by atoms with Crippen LogP contribution in [0.4, 0.5) is 0 Å². The molecular formula is C15H13ClN4O. The van der Waals surface area contributed by atoms with Gasteiger partial charge < -0.3 is 10.5 Å². The van der Waals surface area contributed by atoms with Crippen molar-refractivity contribution in [3.63, 3.8) is 0 Å². The van der Waals surface area contributed by atoms with Crippen LogP contribution in [0.15, 0.2) is 35.7 Å². The minimum Gasteiger partial charge on any atom is -0.422 e. The molecule has 1 aliphatic rings. The maximum Gasteiger partial charge on any atom is 0.224 e. The number of aryl methyl sites for hydroxylation is 2. The van der Waals surface area contributed by atoms with Gasteiger partial charge in [-0.05, 0) is 18.6 Å². The van der Waals surface area contributed by atoms with Gasteiger partial charge in [-0.25, -0.2) is 4.68 Å². The molecule has 0 fully saturated rings. The standard InChI is InChI=1S/C15H13ClN4O/c1-8-12-13(9-5-3-4-6-11(9)16)10(7-17)14(18)21-15(12)20(2)19-8/h3-6,13H,18H2,1-2H3/t13-/m1/s1. The number of ether oxygens (including phenoxy) is 1. The summed E-state index contributed by atoms with van der Waals surface area (Å²) >= 11 is 6.31. The first-order valence-electron chi connectivity index (χ1n) is 6.40. The summed E-state index contributed by atoms with van der Waals surface area (Å²) in [4.78, 5) is 0. The molecule has 0 aliphatic carbocycles. The highest BCUT2D eigenvalue weighted by atomic mass is 35.5. The van der Waals surface area contributed by atoms with Crippen molar-refractivity contribution >= 4 is 11.6 Å². The zero-order chi connectivity index (χ0) is 15.1. The van der Waals surface area contributed by atoms with Crippen molar-refractivity contribution < 1.29 is 4.74 Å². The number of halogens is 1. The van der Waals surface area contributed by atoms with E-state index < -0.39 is 0 Å². The molecule has 6 heteroatoms. The molecule has 5 nitrogen and oxygen atoms in total. The summed E-state index contributed by atoms with van der Waals surface area (Å²) in [6.45, 7) is 1.88. The highest BCUT2D eigenvalue weighted by Crippen LogP contribution is 2.45. The van der Waals surface area contributed by atoms with Crippen molar-refractivity contribution in [2.24, 2.45) is 12.8 Å². The topological polar surface area (TPSA) is 76.9 Å². The molecule has 2 heterocycles. The molecule has 0 radical (unpaired) electrons. The van der Waals surface area contributed by atoms with Crippen molar-refractivity contribution in [1.82, 2.24) is 9.78 Å². The van der Waals surface area contributed by atoms with Crippen LogP contribution in [0.5, 0.6) is 5.88 Å². The van der Waals surface area contributed by atoms with E-state index in [9.17, 15) is 5.26 Å². The lowest BCUT2D eigenvalue weighted by Gasteiger charge is -2.25. The Balaban J connectivity index is 2.32. The number of hydrogen-bond donors (Lipinski definition) is 1. The van der Waals surface area contributed by atoms with E-state index in [1.165, 1.54) is 0 Å². The number of hydrogen-bond acceptors (Lipinski definition) is 4. The van der Waals surface area contributed by atoms with E-state index in [1.807, 2.05) is 25.1 Å². The number of aromatic nitrogens is 2. The molecule has 0 saturated carbocycles. The molecule has 106 valence electrons. The number of allylic oxidation sites excluding steroid dienone is 1. The van der Waals surface area contributed by atoms with Crippen LogP contribution in [-0.2, 0) is 7.05 Å². The third-order valence-corrected chi connectivity index (χ3v) is 3.94. The summed E-state index contributed by atoms with van der Waals surface area (Å²) in [7, 11) is 1.78. The number of nitrogens with zero attached hydrogens (tertiary/aromatic N) is 3. The molecule has 0 amide bonds. The van der Waals surface area contributed by atoms with E-state index in [2.05, 4.69) is 11.2 Å². The van der Waals surface area contributed by atoms with E-state index >= 15 is 0 Å². The van der Waals surface area contributed by atoms with Gasteiger partial charge in [0.05, 0.1) is 17.2 Å². The fourth-order valence-corrected chi connectivity index (χ4v) is 2.94. The monoisotopic (exact) mass is 300 g/mol. The molecular weight excluding hydrogens is 288 g/mol. The average molecular weight is 301 g/mol. The van der Waals surface area contributed by atoms with E-state index in [0.29, 0.717) is 16.5 Å². The zero-order valence-corrected chi connectivity index (χ0v) is 12.3. The predicted molar refractivity (Wildman–Crippen MR) is 78.7 cm³/mol. The van der Waals surface area contributed by atoms with Gasteiger partial charge in [0.1, 0.15) is 11.6 Å². The lowest BCUT2D eigenvalue weighted by atomic mass is 9.84. The lowest BCUT2D eigenvalue weighted by Crippen LogP contribution is -2.22. The van der Waals surface area contributed by atoms with Gasteiger partial charge in [0, 0.05) is 12.1 Å². The minimum absolute atomic E-state index is 0.0953. The Labute approximate surface area is 127 Å². The molecule has 0 spiro atoms. The van der Waals surface area contributed by atoms with Crippen molar-refractivity contribution in [2.45, 2.75) is 12.8 Å². The second kappa shape index (κ2) is 4.83. The lowest BCUT2D eigenvalue weighted by molar-refractivity contribution is 0.358. The first-order chi connectivity index (χ1) is 10.0. The molecule has 2 N–H and O–H groups in total. The molecule has 21 heavy (non-hydrogen) atoms. The van der Waals surface area contributed by atoms with E-state index in [1.54, 1.807) is 17.8 Å². The van der Waals surface area contributed by atoms with Crippen LogP contribution < -0.4 is 10.5 Å². The molecule has 3 rings (SSSR count). The fourth-order valence-electron chi connectivity index (χ4n) is 2.69. The number of benzene rings is 1. The van der Waals surface area contributed by atoms with Crippen molar-refractivity contribution in [1.29, 1.82) is 5.26 Å². The van der Waals surface area contributed by atoms with Gasteiger partial charge in [-0.15, -0.1) is 0 Å². The summed E-state index contributed by atoms with van der Waals surface area (Å²) in [5, 5.41) is 14.4. The van der Waals surface area contributed by atoms with E-state index in [4.69, 9.17) is 22.1 Å². The van der Waals surface area contributed by atoms with Gasteiger partial charge in [0.25, 0.3) is 0 Å². The Morgan fingerprint density at radius 2 is 2.14 bits per heavy atom. The fraction of sp³-hybridized carbons (Fsp3) is 0.200. The Kier molecular flexibility index (Phi) is 3.11. The smallest absolute Gasteiger partial charge is 0.224 e. The molecule has 0 unspecified atom stereocenters.